The van der Waals surface area contributed by atoms with E-state index in [1.807, 2.05) is 0 Å². The number of nitrogens with one attached hydrogen (secondary N) is 1. The first-order valence-corrected chi connectivity index (χ1v) is 7.03. The predicted molar refractivity (Wildman–Crippen MR) is 79.3 cm³/mol. The van der Waals surface area contributed by atoms with E-state index in [1.54, 1.807) is 12.1 Å². The standard InChI is InChI=1S/C14H12BrClF2N2/c15-9-4-8(5-10(17)7-9)6-13(20-19)14-11(16)2-1-3-12(14)18/h1-5,7,13,20H,6,19H2. The predicted octanol–water partition coefficient (Wildman–Crippen LogP) is 4.13. The van der Waals surface area contributed by atoms with Gasteiger partial charge < -0.3 is 0 Å². The second kappa shape index (κ2) is 6.63. The molecule has 2 aromatic carbocycles. The van der Waals surface area contributed by atoms with Crippen LogP contribution >= 0.6 is 27.5 Å². The molecule has 0 saturated heterocycles. The normalized spacial score (nSPS) is 12.4. The summed E-state index contributed by atoms with van der Waals surface area (Å²) in [4.78, 5) is 0. The van der Waals surface area contributed by atoms with Crippen molar-refractivity contribution < 1.29 is 8.78 Å². The zero-order chi connectivity index (χ0) is 14.7. The molecule has 20 heavy (non-hydrogen) atoms. The van der Waals surface area contributed by atoms with Gasteiger partial charge in [0.05, 0.1) is 6.04 Å². The molecule has 0 spiro atoms. The summed E-state index contributed by atoms with van der Waals surface area (Å²) in [5, 5.41) is 0.281. The third kappa shape index (κ3) is 3.55. The van der Waals surface area contributed by atoms with Crippen molar-refractivity contribution in [1.29, 1.82) is 0 Å². The third-order valence-corrected chi connectivity index (χ3v) is 3.70. The van der Waals surface area contributed by atoms with E-state index in [0.717, 1.165) is 0 Å². The molecule has 3 N–H and O–H groups in total. The molecule has 0 amide bonds. The van der Waals surface area contributed by atoms with Crippen molar-refractivity contribution in [3.63, 3.8) is 0 Å². The summed E-state index contributed by atoms with van der Waals surface area (Å²) in [5.41, 5.74) is 3.48. The summed E-state index contributed by atoms with van der Waals surface area (Å²) < 4.78 is 27.9. The molecular weight excluding hydrogens is 350 g/mol. The molecule has 0 bridgehead atoms. The minimum Gasteiger partial charge on any atom is -0.271 e. The van der Waals surface area contributed by atoms with Gasteiger partial charge in [-0.05, 0) is 42.3 Å². The maximum atomic E-state index is 13.9. The van der Waals surface area contributed by atoms with Gasteiger partial charge >= 0.3 is 0 Å². The Kier molecular flexibility index (Phi) is 5.10. The highest BCUT2D eigenvalue weighted by atomic mass is 79.9. The molecule has 0 fully saturated rings. The van der Waals surface area contributed by atoms with Crippen molar-refractivity contribution >= 4 is 27.5 Å². The van der Waals surface area contributed by atoms with Gasteiger partial charge in [-0.25, -0.2) is 8.78 Å². The van der Waals surface area contributed by atoms with Crippen LogP contribution < -0.4 is 11.3 Å². The van der Waals surface area contributed by atoms with E-state index in [2.05, 4.69) is 21.4 Å². The first-order chi connectivity index (χ1) is 9.51. The van der Waals surface area contributed by atoms with Crippen molar-refractivity contribution in [2.75, 3.05) is 0 Å². The lowest BCUT2D eigenvalue weighted by molar-refractivity contribution is 0.509. The Morgan fingerprint density at radius 3 is 2.60 bits per heavy atom. The Hall–Kier alpha value is -1.01. The number of halogens is 4. The van der Waals surface area contributed by atoms with Crippen LogP contribution in [-0.2, 0) is 6.42 Å². The van der Waals surface area contributed by atoms with Crippen LogP contribution in [0.4, 0.5) is 8.78 Å². The minimum atomic E-state index is -0.544. The number of benzene rings is 2. The van der Waals surface area contributed by atoms with Crippen molar-refractivity contribution in [1.82, 2.24) is 5.43 Å². The SMILES string of the molecule is NNC(Cc1cc(F)cc(Br)c1)c1c(F)cccc1Cl. The van der Waals surface area contributed by atoms with Gasteiger partial charge in [0.2, 0.25) is 0 Å². The van der Waals surface area contributed by atoms with Crippen LogP contribution in [-0.4, -0.2) is 0 Å². The van der Waals surface area contributed by atoms with Crippen LogP contribution in [0.2, 0.25) is 5.02 Å². The van der Waals surface area contributed by atoms with E-state index in [1.165, 1.54) is 24.3 Å². The van der Waals surface area contributed by atoms with Gasteiger partial charge in [-0.15, -0.1) is 0 Å². The molecular formula is C14H12BrClF2N2. The molecule has 1 unspecified atom stereocenters. The molecule has 6 heteroatoms. The summed E-state index contributed by atoms with van der Waals surface area (Å²) in [6, 6.07) is 8.36. The van der Waals surface area contributed by atoms with Crippen LogP contribution in [0.5, 0.6) is 0 Å². The average molecular weight is 362 g/mol. The Labute approximate surface area is 129 Å². The van der Waals surface area contributed by atoms with E-state index in [9.17, 15) is 8.78 Å². The van der Waals surface area contributed by atoms with Crippen molar-refractivity contribution in [3.05, 3.63) is 68.7 Å². The van der Waals surface area contributed by atoms with Gasteiger partial charge in [0, 0.05) is 15.1 Å². The highest BCUT2D eigenvalue weighted by Gasteiger charge is 2.18. The van der Waals surface area contributed by atoms with E-state index < -0.39 is 11.9 Å². The molecule has 0 aliphatic rings. The second-order valence-corrected chi connectivity index (χ2v) is 5.66. The molecule has 0 saturated carbocycles. The lowest BCUT2D eigenvalue weighted by Crippen LogP contribution is -2.30. The Balaban J connectivity index is 2.34. The third-order valence-electron chi connectivity index (χ3n) is 2.91. The Bertz CT molecular complexity index is 582. The maximum Gasteiger partial charge on any atom is 0.129 e. The molecule has 2 aromatic rings. The zero-order valence-electron chi connectivity index (χ0n) is 10.3. The molecule has 0 aromatic heterocycles. The van der Waals surface area contributed by atoms with Gasteiger partial charge in [0.1, 0.15) is 11.6 Å². The monoisotopic (exact) mass is 360 g/mol. The fraction of sp³-hybridized carbons (Fsp3) is 0.143. The summed E-state index contributed by atoms with van der Waals surface area (Å²) in [6.45, 7) is 0. The van der Waals surface area contributed by atoms with Gasteiger partial charge in [0.25, 0.3) is 0 Å². The molecule has 1 atom stereocenters. The Morgan fingerprint density at radius 2 is 2.00 bits per heavy atom. The number of hydrazine groups is 1. The molecule has 0 heterocycles. The summed E-state index contributed by atoms with van der Waals surface area (Å²) in [5.74, 6) is 4.67. The maximum absolute atomic E-state index is 13.9. The number of hydrogen-bond donors (Lipinski definition) is 2. The minimum absolute atomic E-state index is 0.275. The summed E-state index contributed by atoms with van der Waals surface area (Å²) in [7, 11) is 0. The summed E-state index contributed by atoms with van der Waals surface area (Å²) in [6.07, 6.45) is 0.313. The van der Waals surface area contributed by atoms with Gasteiger partial charge in [0.15, 0.2) is 0 Å². The molecule has 0 aliphatic heterocycles. The van der Waals surface area contributed by atoms with Crippen molar-refractivity contribution in [3.8, 4) is 0 Å². The quantitative estimate of drug-likeness (QED) is 0.635. The topological polar surface area (TPSA) is 38.0 Å². The number of hydrogen-bond acceptors (Lipinski definition) is 2. The molecule has 0 aliphatic carbocycles. The highest BCUT2D eigenvalue weighted by molar-refractivity contribution is 9.10. The zero-order valence-corrected chi connectivity index (χ0v) is 12.7. The lowest BCUT2D eigenvalue weighted by atomic mass is 9.99. The molecule has 2 rings (SSSR count). The van der Waals surface area contributed by atoms with Crippen molar-refractivity contribution in [2.45, 2.75) is 12.5 Å². The largest absolute Gasteiger partial charge is 0.271 e. The molecule has 2 nitrogen and oxygen atoms in total. The molecule has 0 radical (unpaired) electrons. The Morgan fingerprint density at radius 1 is 1.25 bits per heavy atom. The summed E-state index contributed by atoms with van der Waals surface area (Å²) >= 11 is 9.23. The fourth-order valence-electron chi connectivity index (χ4n) is 2.05. The average Bonchev–Trinajstić information content (AvgIpc) is 2.36. The molecule has 106 valence electrons. The number of nitrogens with two attached hydrogens (primary N) is 1. The van der Waals surface area contributed by atoms with Crippen LogP contribution in [0.15, 0.2) is 40.9 Å². The van der Waals surface area contributed by atoms with Crippen LogP contribution in [0.1, 0.15) is 17.2 Å². The van der Waals surface area contributed by atoms with Gasteiger partial charge in [-0.3, -0.25) is 11.3 Å². The number of rotatable bonds is 4. The highest BCUT2D eigenvalue weighted by Crippen LogP contribution is 2.28. The van der Waals surface area contributed by atoms with Crippen LogP contribution in [0.3, 0.4) is 0 Å². The van der Waals surface area contributed by atoms with Gasteiger partial charge in [-0.1, -0.05) is 33.6 Å². The van der Waals surface area contributed by atoms with Gasteiger partial charge in [-0.2, -0.15) is 0 Å². The smallest absolute Gasteiger partial charge is 0.129 e. The van der Waals surface area contributed by atoms with E-state index >= 15 is 0 Å². The van der Waals surface area contributed by atoms with Crippen LogP contribution in [0.25, 0.3) is 0 Å². The fourth-order valence-corrected chi connectivity index (χ4v) is 2.86. The van der Waals surface area contributed by atoms with Crippen LogP contribution in [0, 0.1) is 11.6 Å². The first-order valence-electron chi connectivity index (χ1n) is 5.86. The first kappa shape index (κ1) is 15.4. The second-order valence-electron chi connectivity index (χ2n) is 4.34. The lowest BCUT2D eigenvalue weighted by Gasteiger charge is -2.18. The van der Waals surface area contributed by atoms with E-state index in [4.69, 9.17) is 17.4 Å². The van der Waals surface area contributed by atoms with E-state index in [0.29, 0.717) is 16.5 Å². The van der Waals surface area contributed by atoms with Crippen molar-refractivity contribution in [2.24, 2.45) is 5.84 Å². The van der Waals surface area contributed by atoms with E-state index in [-0.39, 0.29) is 16.4 Å².